The van der Waals surface area contributed by atoms with Crippen molar-refractivity contribution in [1.82, 2.24) is 14.8 Å². The second-order valence-corrected chi connectivity index (χ2v) is 8.71. The molecule has 0 spiro atoms. The third-order valence-corrected chi connectivity index (χ3v) is 6.39. The number of carbonyl (C=O) groups is 1. The van der Waals surface area contributed by atoms with Crippen LogP contribution < -0.4 is 5.32 Å². The molecule has 0 aliphatic heterocycles. The van der Waals surface area contributed by atoms with E-state index in [1.807, 2.05) is 19.1 Å². The molecule has 4 rings (SSSR count). The molecule has 3 aromatic carbocycles. The largest absolute Gasteiger partial charge is 0.324 e. The Bertz CT molecular complexity index is 1240. The summed E-state index contributed by atoms with van der Waals surface area (Å²) in [6, 6.07) is 19.6. The molecule has 0 radical (unpaired) electrons. The Balaban J connectivity index is 1.46. The van der Waals surface area contributed by atoms with E-state index in [4.69, 9.17) is 23.2 Å². The van der Waals surface area contributed by atoms with E-state index in [0.29, 0.717) is 22.2 Å². The first-order valence-electron chi connectivity index (χ1n) is 9.81. The number of carbonyl (C=O) groups excluding carboxylic acids is 1. The molecule has 158 valence electrons. The lowest BCUT2D eigenvalue weighted by molar-refractivity contribution is -0.113. The zero-order valence-electron chi connectivity index (χ0n) is 16.8. The molecule has 0 atom stereocenters. The van der Waals surface area contributed by atoms with Gasteiger partial charge in [0.1, 0.15) is 5.82 Å². The normalized spacial score (nSPS) is 11.1. The Morgan fingerprint density at radius 1 is 1.06 bits per heavy atom. The van der Waals surface area contributed by atoms with E-state index in [-0.39, 0.29) is 11.7 Å². The molecule has 1 heterocycles. The van der Waals surface area contributed by atoms with E-state index in [0.717, 1.165) is 17.5 Å². The van der Waals surface area contributed by atoms with Crippen molar-refractivity contribution >= 4 is 57.3 Å². The lowest BCUT2D eigenvalue weighted by atomic mass is 10.0. The van der Waals surface area contributed by atoms with Crippen LogP contribution in [-0.4, -0.2) is 26.4 Å². The van der Waals surface area contributed by atoms with Crippen LogP contribution in [0.5, 0.6) is 0 Å². The molecule has 0 aliphatic carbocycles. The van der Waals surface area contributed by atoms with Gasteiger partial charge in [0.05, 0.1) is 16.5 Å². The number of rotatable bonds is 7. The molecule has 0 bridgehead atoms. The highest BCUT2D eigenvalue weighted by molar-refractivity contribution is 7.99. The molecule has 0 fully saturated rings. The first-order chi connectivity index (χ1) is 15.0. The smallest absolute Gasteiger partial charge is 0.234 e. The predicted molar refractivity (Wildman–Crippen MR) is 128 cm³/mol. The number of aromatic nitrogens is 3. The molecule has 1 aromatic heterocycles. The molecule has 0 saturated carbocycles. The van der Waals surface area contributed by atoms with Crippen LogP contribution in [0.25, 0.3) is 10.8 Å². The monoisotopic (exact) mass is 470 g/mol. The number of nitrogens with one attached hydrogen (secondary N) is 1. The first kappa shape index (κ1) is 21.7. The van der Waals surface area contributed by atoms with E-state index in [1.54, 1.807) is 18.2 Å². The molecule has 1 amide bonds. The summed E-state index contributed by atoms with van der Waals surface area (Å²) in [5.41, 5.74) is 1.73. The number of benzene rings is 3. The van der Waals surface area contributed by atoms with Crippen molar-refractivity contribution in [3.05, 3.63) is 82.1 Å². The molecule has 0 saturated heterocycles. The van der Waals surface area contributed by atoms with Crippen molar-refractivity contribution in [1.29, 1.82) is 0 Å². The third-order valence-electron chi connectivity index (χ3n) is 4.88. The zero-order valence-corrected chi connectivity index (χ0v) is 19.1. The van der Waals surface area contributed by atoms with Crippen molar-refractivity contribution in [2.45, 2.75) is 25.0 Å². The van der Waals surface area contributed by atoms with Gasteiger partial charge in [0, 0.05) is 18.0 Å². The molecule has 4 aromatic rings. The van der Waals surface area contributed by atoms with E-state index < -0.39 is 0 Å². The summed E-state index contributed by atoms with van der Waals surface area (Å²) in [5.74, 6) is 0.906. The van der Waals surface area contributed by atoms with Crippen LogP contribution in [-0.2, 0) is 17.8 Å². The summed E-state index contributed by atoms with van der Waals surface area (Å²) in [4.78, 5) is 12.4. The maximum absolute atomic E-state index is 12.4. The van der Waals surface area contributed by atoms with Crippen LogP contribution in [0.3, 0.4) is 0 Å². The summed E-state index contributed by atoms with van der Waals surface area (Å²) < 4.78 is 2.05. The van der Waals surface area contributed by atoms with Crippen LogP contribution in [0.1, 0.15) is 18.3 Å². The molecule has 5 nitrogen and oxygen atoms in total. The number of anilines is 1. The highest BCUT2D eigenvalue weighted by atomic mass is 35.5. The van der Waals surface area contributed by atoms with Gasteiger partial charge in [0.2, 0.25) is 5.91 Å². The minimum absolute atomic E-state index is 0.171. The maximum atomic E-state index is 12.4. The Morgan fingerprint density at radius 3 is 2.68 bits per heavy atom. The molecule has 0 aliphatic rings. The number of thioether (sulfide) groups is 1. The number of hydrogen-bond donors (Lipinski definition) is 1. The minimum atomic E-state index is -0.171. The topological polar surface area (TPSA) is 59.8 Å². The van der Waals surface area contributed by atoms with Gasteiger partial charge < -0.3 is 9.88 Å². The van der Waals surface area contributed by atoms with Gasteiger partial charge in [-0.05, 0) is 41.5 Å². The van der Waals surface area contributed by atoms with E-state index in [1.165, 1.54) is 28.1 Å². The fraction of sp³-hybridized carbons (Fsp3) is 0.174. The predicted octanol–water partition coefficient (Wildman–Crippen LogP) is 6.08. The molecular formula is C23H20Cl2N4OS. The zero-order chi connectivity index (χ0) is 21.8. The van der Waals surface area contributed by atoms with Crippen molar-refractivity contribution in [3.63, 3.8) is 0 Å². The molecule has 8 heteroatoms. The summed E-state index contributed by atoms with van der Waals surface area (Å²) >= 11 is 13.4. The van der Waals surface area contributed by atoms with Gasteiger partial charge in [-0.1, -0.05) is 77.4 Å². The number of nitrogens with zero attached hydrogens (tertiary/aromatic N) is 3. The fourth-order valence-corrected chi connectivity index (χ4v) is 4.68. The van der Waals surface area contributed by atoms with Crippen LogP contribution in [0, 0.1) is 0 Å². The Hall–Kier alpha value is -2.54. The SMILES string of the molecule is CCn1c(Cc2cccc3ccccc23)nnc1SCC(=O)Nc1ccc(Cl)cc1Cl. The van der Waals surface area contributed by atoms with E-state index in [2.05, 4.69) is 50.4 Å². The lowest BCUT2D eigenvalue weighted by Gasteiger charge is -2.10. The lowest BCUT2D eigenvalue weighted by Crippen LogP contribution is -2.15. The van der Waals surface area contributed by atoms with Crippen LogP contribution >= 0.6 is 35.0 Å². The second kappa shape index (κ2) is 9.73. The van der Waals surface area contributed by atoms with E-state index in [9.17, 15) is 4.79 Å². The van der Waals surface area contributed by atoms with Gasteiger partial charge in [-0.15, -0.1) is 10.2 Å². The Morgan fingerprint density at radius 2 is 1.87 bits per heavy atom. The number of fused-ring (bicyclic) bond motifs is 1. The standard InChI is InChI=1S/C23H20Cl2N4OS/c1-2-29-21(12-16-8-5-7-15-6-3-4-9-18(15)16)27-28-23(29)31-14-22(30)26-20-11-10-17(24)13-19(20)25/h3-11,13H,2,12,14H2,1H3,(H,26,30). The minimum Gasteiger partial charge on any atom is -0.324 e. The molecule has 0 unspecified atom stereocenters. The Kier molecular flexibility index (Phi) is 6.80. The highest BCUT2D eigenvalue weighted by Crippen LogP contribution is 2.26. The van der Waals surface area contributed by atoms with Crippen molar-refractivity contribution in [3.8, 4) is 0 Å². The van der Waals surface area contributed by atoms with Crippen LogP contribution in [0.4, 0.5) is 5.69 Å². The second-order valence-electron chi connectivity index (χ2n) is 6.92. The molecule has 1 N–H and O–H groups in total. The van der Waals surface area contributed by atoms with Gasteiger partial charge >= 0.3 is 0 Å². The molecule has 31 heavy (non-hydrogen) atoms. The average molecular weight is 471 g/mol. The third kappa shape index (κ3) is 5.03. The maximum Gasteiger partial charge on any atom is 0.234 e. The highest BCUT2D eigenvalue weighted by Gasteiger charge is 2.15. The summed E-state index contributed by atoms with van der Waals surface area (Å²) in [6.45, 7) is 2.77. The number of amides is 1. The van der Waals surface area contributed by atoms with Crippen molar-refractivity contribution < 1.29 is 4.79 Å². The average Bonchev–Trinajstić information content (AvgIpc) is 3.16. The van der Waals surface area contributed by atoms with Gasteiger partial charge in [-0.25, -0.2) is 0 Å². The van der Waals surface area contributed by atoms with Crippen molar-refractivity contribution in [2.24, 2.45) is 0 Å². The van der Waals surface area contributed by atoms with Gasteiger partial charge in [-0.3, -0.25) is 4.79 Å². The summed E-state index contributed by atoms with van der Waals surface area (Å²) in [5, 5.41) is 15.6. The van der Waals surface area contributed by atoms with Gasteiger partial charge in [-0.2, -0.15) is 0 Å². The number of halogens is 2. The molecular weight excluding hydrogens is 451 g/mol. The fourth-order valence-electron chi connectivity index (χ4n) is 3.40. The van der Waals surface area contributed by atoms with Crippen molar-refractivity contribution in [2.75, 3.05) is 11.1 Å². The van der Waals surface area contributed by atoms with E-state index >= 15 is 0 Å². The van der Waals surface area contributed by atoms with Crippen LogP contribution in [0.15, 0.2) is 65.8 Å². The number of hydrogen-bond acceptors (Lipinski definition) is 4. The van der Waals surface area contributed by atoms with Gasteiger partial charge in [0.15, 0.2) is 5.16 Å². The Labute approximate surface area is 194 Å². The van der Waals surface area contributed by atoms with Crippen LogP contribution in [0.2, 0.25) is 10.0 Å². The summed E-state index contributed by atoms with van der Waals surface area (Å²) in [6.07, 6.45) is 0.676. The first-order valence-corrected chi connectivity index (χ1v) is 11.6. The summed E-state index contributed by atoms with van der Waals surface area (Å²) in [7, 11) is 0. The quantitative estimate of drug-likeness (QED) is 0.332. The van der Waals surface area contributed by atoms with Gasteiger partial charge in [0.25, 0.3) is 0 Å².